The molecule has 162 valence electrons. The Morgan fingerprint density at radius 1 is 1.03 bits per heavy atom. The van der Waals surface area contributed by atoms with Crippen molar-refractivity contribution >= 4 is 29.0 Å². The number of benzene rings is 3. The number of aliphatic hydroxyl groups excluding tert-OH is 1. The molecule has 2 amide bonds. The highest BCUT2D eigenvalue weighted by Crippen LogP contribution is 2.32. The maximum Gasteiger partial charge on any atom is 0.323 e. The average molecular weight is 449 g/mol. The van der Waals surface area contributed by atoms with Gasteiger partial charge in [0.25, 0.3) is 0 Å². The second-order valence-electron chi connectivity index (χ2n) is 7.02. The molecule has 0 saturated heterocycles. The topological polar surface area (TPSA) is 88.4 Å². The number of aryl methyl sites for hydroxylation is 1. The van der Waals surface area contributed by atoms with Gasteiger partial charge in [-0.2, -0.15) is 9.78 Å². The molecule has 0 spiro atoms. The standard InChI is InChI=1S/C24H21ClN4O3/c1-16-14-23(29(28-16)21-8-4-2-6-19(21)25)32-22-9-5-3-7-20(22)27-24(31)26-18-12-10-17(15-30)11-13-18/h2-14,30H,15H2,1H3,(H2,26,27,31). The number of anilines is 2. The van der Waals surface area contributed by atoms with E-state index in [0.717, 1.165) is 11.3 Å². The third-order valence-electron chi connectivity index (χ3n) is 4.62. The van der Waals surface area contributed by atoms with Crippen molar-refractivity contribution in [3.8, 4) is 17.3 Å². The lowest BCUT2D eigenvalue weighted by Crippen LogP contribution is -2.19. The van der Waals surface area contributed by atoms with Crippen LogP contribution in [0.3, 0.4) is 0 Å². The molecule has 4 aromatic rings. The summed E-state index contributed by atoms with van der Waals surface area (Å²) in [6, 6.07) is 22.8. The number of amides is 2. The van der Waals surface area contributed by atoms with Gasteiger partial charge in [0, 0.05) is 11.8 Å². The molecule has 0 unspecified atom stereocenters. The number of urea groups is 1. The fourth-order valence-electron chi connectivity index (χ4n) is 3.09. The second kappa shape index (κ2) is 9.55. The summed E-state index contributed by atoms with van der Waals surface area (Å²) in [5.74, 6) is 0.913. The lowest BCUT2D eigenvalue weighted by atomic mass is 10.2. The lowest BCUT2D eigenvalue weighted by Gasteiger charge is -2.14. The minimum atomic E-state index is -0.423. The van der Waals surface area contributed by atoms with Gasteiger partial charge in [-0.1, -0.05) is 48.0 Å². The average Bonchev–Trinajstić information content (AvgIpc) is 3.15. The van der Waals surface area contributed by atoms with Crippen LogP contribution < -0.4 is 15.4 Å². The highest BCUT2D eigenvalue weighted by Gasteiger charge is 2.15. The summed E-state index contributed by atoms with van der Waals surface area (Å²) < 4.78 is 7.75. The minimum Gasteiger partial charge on any atom is -0.437 e. The number of hydrogen-bond acceptors (Lipinski definition) is 4. The zero-order valence-corrected chi connectivity index (χ0v) is 18.0. The number of ether oxygens (including phenoxy) is 1. The SMILES string of the molecule is Cc1cc(Oc2ccccc2NC(=O)Nc2ccc(CO)cc2)n(-c2ccccc2Cl)n1. The Morgan fingerprint density at radius 2 is 1.75 bits per heavy atom. The predicted molar refractivity (Wildman–Crippen MR) is 125 cm³/mol. The van der Waals surface area contributed by atoms with Crippen LogP contribution in [-0.2, 0) is 6.61 Å². The molecule has 0 atom stereocenters. The van der Waals surface area contributed by atoms with Crippen molar-refractivity contribution in [1.29, 1.82) is 0 Å². The van der Waals surface area contributed by atoms with Crippen LogP contribution in [0.5, 0.6) is 11.6 Å². The molecular weight excluding hydrogens is 428 g/mol. The molecule has 8 heteroatoms. The summed E-state index contributed by atoms with van der Waals surface area (Å²) in [4.78, 5) is 12.5. The summed E-state index contributed by atoms with van der Waals surface area (Å²) in [5.41, 5.74) is 3.30. The van der Waals surface area contributed by atoms with Crippen molar-refractivity contribution in [3.63, 3.8) is 0 Å². The van der Waals surface area contributed by atoms with Crippen LogP contribution in [0, 0.1) is 6.92 Å². The van der Waals surface area contributed by atoms with Gasteiger partial charge in [-0.05, 0) is 48.9 Å². The summed E-state index contributed by atoms with van der Waals surface area (Å²) >= 11 is 6.34. The third kappa shape index (κ3) is 4.91. The van der Waals surface area contributed by atoms with E-state index in [0.29, 0.717) is 33.7 Å². The van der Waals surface area contributed by atoms with E-state index in [4.69, 9.17) is 21.4 Å². The first-order chi connectivity index (χ1) is 15.5. The Hall–Kier alpha value is -3.81. The molecule has 32 heavy (non-hydrogen) atoms. The molecular formula is C24H21ClN4O3. The van der Waals surface area contributed by atoms with E-state index < -0.39 is 6.03 Å². The Bertz CT molecular complexity index is 1240. The van der Waals surface area contributed by atoms with Crippen molar-refractivity contribution in [2.45, 2.75) is 13.5 Å². The van der Waals surface area contributed by atoms with Crippen molar-refractivity contribution in [2.24, 2.45) is 0 Å². The minimum absolute atomic E-state index is 0.0541. The zero-order valence-electron chi connectivity index (χ0n) is 17.2. The van der Waals surface area contributed by atoms with Crippen molar-refractivity contribution in [2.75, 3.05) is 10.6 Å². The quantitative estimate of drug-likeness (QED) is 0.349. The van der Waals surface area contributed by atoms with Crippen LogP contribution in [0.1, 0.15) is 11.3 Å². The number of nitrogens with zero attached hydrogens (tertiary/aromatic N) is 2. The van der Waals surface area contributed by atoms with Crippen LogP contribution in [0.15, 0.2) is 78.9 Å². The molecule has 0 fully saturated rings. The fraction of sp³-hybridized carbons (Fsp3) is 0.0833. The first-order valence-electron chi connectivity index (χ1n) is 9.90. The Labute approximate surface area is 190 Å². The third-order valence-corrected chi connectivity index (χ3v) is 4.94. The van der Waals surface area contributed by atoms with Crippen molar-refractivity contribution in [3.05, 3.63) is 95.1 Å². The van der Waals surface area contributed by atoms with E-state index in [-0.39, 0.29) is 6.61 Å². The van der Waals surface area contributed by atoms with Gasteiger partial charge in [-0.25, -0.2) is 4.79 Å². The molecule has 4 rings (SSSR count). The Balaban J connectivity index is 1.54. The number of carbonyl (C=O) groups excluding carboxylic acids is 1. The summed E-state index contributed by atoms with van der Waals surface area (Å²) in [5, 5.41) is 19.7. The van der Waals surface area contributed by atoms with Crippen LogP contribution >= 0.6 is 11.6 Å². The predicted octanol–water partition coefficient (Wildman–Crippen LogP) is 5.76. The molecule has 7 nitrogen and oxygen atoms in total. The number of nitrogens with one attached hydrogen (secondary N) is 2. The zero-order chi connectivity index (χ0) is 22.5. The van der Waals surface area contributed by atoms with Crippen LogP contribution in [-0.4, -0.2) is 20.9 Å². The number of aromatic nitrogens is 2. The van der Waals surface area contributed by atoms with E-state index in [9.17, 15) is 4.79 Å². The van der Waals surface area contributed by atoms with Gasteiger partial charge in [0.05, 0.1) is 28.7 Å². The molecule has 0 aliphatic rings. The molecule has 1 aromatic heterocycles. The van der Waals surface area contributed by atoms with E-state index in [2.05, 4.69) is 15.7 Å². The number of hydrogen-bond donors (Lipinski definition) is 3. The van der Waals surface area contributed by atoms with Gasteiger partial charge in [0.2, 0.25) is 5.88 Å². The van der Waals surface area contributed by atoms with Crippen LogP contribution in [0.25, 0.3) is 5.69 Å². The molecule has 0 radical (unpaired) electrons. The van der Waals surface area contributed by atoms with E-state index in [1.54, 1.807) is 59.3 Å². The summed E-state index contributed by atoms with van der Waals surface area (Å²) in [6.07, 6.45) is 0. The molecule has 0 aliphatic heterocycles. The molecule has 3 N–H and O–H groups in total. The highest BCUT2D eigenvalue weighted by molar-refractivity contribution is 6.32. The first-order valence-corrected chi connectivity index (χ1v) is 10.3. The van der Waals surface area contributed by atoms with Gasteiger partial charge >= 0.3 is 6.03 Å². The largest absolute Gasteiger partial charge is 0.437 e. The fourth-order valence-corrected chi connectivity index (χ4v) is 3.31. The van der Waals surface area contributed by atoms with E-state index >= 15 is 0 Å². The number of halogens is 1. The number of carbonyl (C=O) groups is 1. The van der Waals surface area contributed by atoms with Crippen molar-refractivity contribution in [1.82, 2.24) is 9.78 Å². The Morgan fingerprint density at radius 3 is 2.50 bits per heavy atom. The van der Waals surface area contributed by atoms with E-state index in [1.165, 1.54) is 0 Å². The molecule has 1 heterocycles. The normalized spacial score (nSPS) is 10.6. The van der Waals surface area contributed by atoms with Gasteiger partial charge < -0.3 is 20.5 Å². The first kappa shape index (κ1) is 21.4. The second-order valence-corrected chi connectivity index (χ2v) is 7.43. The van der Waals surface area contributed by atoms with Gasteiger partial charge in [0.15, 0.2) is 5.75 Å². The lowest BCUT2D eigenvalue weighted by molar-refractivity contribution is 0.262. The van der Waals surface area contributed by atoms with Crippen molar-refractivity contribution < 1.29 is 14.6 Å². The molecule has 0 bridgehead atoms. The van der Waals surface area contributed by atoms with Gasteiger partial charge in [0.1, 0.15) is 0 Å². The molecule has 0 saturated carbocycles. The monoisotopic (exact) mass is 448 g/mol. The van der Waals surface area contributed by atoms with Crippen LogP contribution in [0.2, 0.25) is 5.02 Å². The van der Waals surface area contributed by atoms with Gasteiger partial charge in [-0.15, -0.1) is 0 Å². The number of para-hydroxylation sites is 3. The number of aliphatic hydroxyl groups is 1. The highest BCUT2D eigenvalue weighted by atomic mass is 35.5. The number of rotatable bonds is 6. The van der Waals surface area contributed by atoms with E-state index in [1.807, 2.05) is 31.2 Å². The molecule has 0 aliphatic carbocycles. The maximum absolute atomic E-state index is 12.5. The summed E-state index contributed by atoms with van der Waals surface area (Å²) in [6.45, 7) is 1.81. The van der Waals surface area contributed by atoms with Crippen LogP contribution in [0.4, 0.5) is 16.2 Å². The maximum atomic E-state index is 12.5. The molecule has 3 aromatic carbocycles. The Kier molecular flexibility index (Phi) is 6.39. The summed E-state index contributed by atoms with van der Waals surface area (Å²) in [7, 11) is 0. The van der Waals surface area contributed by atoms with Gasteiger partial charge in [-0.3, -0.25) is 0 Å². The smallest absolute Gasteiger partial charge is 0.323 e.